The molecule has 0 fully saturated rings. The molecule has 4 aromatic carbocycles. The molecule has 0 spiro atoms. The third kappa shape index (κ3) is 3.77. The number of nitrogens with one attached hydrogen (secondary N) is 2. The van der Waals surface area contributed by atoms with Crippen molar-refractivity contribution < 1.29 is 0 Å². The lowest BCUT2D eigenvalue weighted by Gasteiger charge is -2.22. The highest BCUT2D eigenvalue weighted by Gasteiger charge is 2.21. The Labute approximate surface area is 185 Å². The molecule has 0 saturated carbocycles. The Bertz CT molecular complexity index is 1250. The van der Waals surface area contributed by atoms with Crippen molar-refractivity contribution in [3.05, 3.63) is 89.4 Å². The highest BCUT2D eigenvalue weighted by atomic mass is 35.5. The van der Waals surface area contributed by atoms with Gasteiger partial charge in [-0.25, -0.2) is 9.98 Å². The van der Waals surface area contributed by atoms with Gasteiger partial charge >= 0.3 is 0 Å². The first-order valence-electron chi connectivity index (χ1n) is 9.28. The second-order valence-electron chi connectivity index (χ2n) is 6.86. The van der Waals surface area contributed by atoms with Crippen molar-refractivity contribution in [1.29, 1.82) is 0 Å². The molecule has 1 heterocycles. The van der Waals surface area contributed by atoms with Gasteiger partial charge in [-0.05, 0) is 45.8 Å². The third-order valence-corrected chi connectivity index (χ3v) is 5.15. The molecule has 0 radical (unpaired) electrons. The number of hydrogen-bond donors (Lipinski definition) is 3. The molecule has 0 amide bonds. The Kier molecular flexibility index (Phi) is 5.48. The molecule has 0 aliphatic carbocycles. The number of anilines is 1. The number of benzene rings is 4. The van der Waals surface area contributed by atoms with Crippen LogP contribution in [0.3, 0.4) is 0 Å². The average Bonchev–Trinajstić information content (AvgIpc) is 2.71. The Balaban J connectivity index is 0.00000218. The van der Waals surface area contributed by atoms with Crippen LogP contribution in [-0.4, -0.2) is 11.9 Å². The number of hydrogen-bond acceptors (Lipinski definition) is 5. The second kappa shape index (κ2) is 8.22. The maximum Gasteiger partial charge on any atom is 0.205 e. The van der Waals surface area contributed by atoms with Gasteiger partial charge in [0.05, 0.1) is 0 Å². The summed E-state index contributed by atoms with van der Waals surface area (Å²) in [5, 5.41) is 11.4. The predicted molar refractivity (Wildman–Crippen MR) is 129 cm³/mol. The van der Waals surface area contributed by atoms with Gasteiger partial charge in [0.15, 0.2) is 12.1 Å². The molecular formula is C23H19Cl2N5. The van der Waals surface area contributed by atoms with Gasteiger partial charge in [0, 0.05) is 16.3 Å². The van der Waals surface area contributed by atoms with Crippen LogP contribution in [0.1, 0.15) is 11.7 Å². The Morgan fingerprint density at radius 2 is 1.50 bits per heavy atom. The second-order valence-corrected chi connectivity index (χ2v) is 7.30. The topological polar surface area (TPSA) is 74.8 Å². The van der Waals surface area contributed by atoms with E-state index in [9.17, 15) is 0 Å². The molecule has 0 saturated heterocycles. The summed E-state index contributed by atoms with van der Waals surface area (Å²) in [7, 11) is 0. The molecule has 1 aliphatic rings. The first kappa shape index (κ1) is 20.0. The van der Waals surface area contributed by atoms with Crippen molar-refractivity contribution in [1.82, 2.24) is 5.32 Å². The molecule has 0 aromatic heterocycles. The summed E-state index contributed by atoms with van der Waals surface area (Å²) in [6, 6.07) is 26.2. The molecule has 5 nitrogen and oxygen atoms in total. The zero-order valence-electron chi connectivity index (χ0n) is 15.8. The lowest BCUT2D eigenvalue weighted by Crippen LogP contribution is -2.43. The maximum absolute atomic E-state index is 6.12. The van der Waals surface area contributed by atoms with Crippen LogP contribution in [0, 0.1) is 0 Å². The van der Waals surface area contributed by atoms with Crippen LogP contribution in [0.15, 0.2) is 88.8 Å². The van der Waals surface area contributed by atoms with Gasteiger partial charge in [-0.1, -0.05) is 66.2 Å². The molecule has 4 N–H and O–H groups in total. The molecule has 4 aromatic rings. The zero-order chi connectivity index (χ0) is 19.8. The number of nitrogens with two attached hydrogens (primary N) is 1. The molecule has 30 heavy (non-hydrogen) atoms. The van der Waals surface area contributed by atoms with Crippen molar-refractivity contribution in [3.8, 4) is 0 Å². The van der Waals surface area contributed by atoms with E-state index < -0.39 is 6.17 Å². The van der Waals surface area contributed by atoms with Gasteiger partial charge in [0.2, 0.25) is 5.96 Å². The lowest BCUT2D eigenvalue weighted by atomic mass is 9.95. The standard InChI is InChI=1S/C23H18ClN5.ClH/c24-16-8-5-9-17(13-16)26-23-28-21(27-22(25)29-23)20-18-10-3-1-6-14(18)12-15-7-2-4-11-19(15)20;/h1-13,21H,(H4,25,26,27,28,29);1H. The maximum atomic E-state index is 6.12. The molecule has 7 heteroatoms. The number of fused-ring (bicyclic) bond motifs is 2. The fourth-order valence-electron chi connectivity index (χ4n) is 3.69. The average molecular weight is 436 g/mol. The van der Waals surface area contributed by atoms with Crippen molar-refractivity contribution >= 4 is 63.2 Å². The molecule has 150 valence electrons. The first-order chi connectivity index (χ1) is 14.2. The fraction of sp³-hybridized carbons (Fsp3) is 0.0435. The van der Waals surface area contributed by atoms with E-state index in [1.165, 1.54) is 0 Å². The molecule has 1 aliphatic heterocycles. The van der Waals surface area contributed by atoms with Gasteiger partial charge in [-0.3, -0.25) is 5.32 Å². The third-order valence-electron chi connectivity index (χ3n) is 4.92. The van der Waals surface area contributed by atoms with Gasteiger partial charge in [0.1, 0.15) is 0 Å². The lowest BCUT2D eigenvalue weighted by molar-refractivity contribution is 0.763. The first-order valence-corrected chi connectivity index (χ1v) is 9.66. The highest BCUT2D eigenvalue weighted by Crippen LogP contribution is 2.35. The zero-order valence-corrected chi connectivity index (χ0v) is 17.4. The van der Waals surface area contributed by atoms with Crippen LogP contribution in [0.4, 0.5) is 5.69 Å². The van der Waals surface area contributed by atoms with E-state index in [0.717, 1.165) is 32.8 Å². The van der Waals surface area contributed by atoms with E-state index in [1.807, 2.05) is 48.5 Å². The van der Waals surface area contributed by atoms with Crippen LogP contribution in [-0.2, 0) is 0 Å². The normalized spacial score (nSPS) is 15.7. The SMILES string of the molecule is Cl.NC1=NC(c2c3ccccc3cc3ccccc23)N=C(Nc2cccc(Cl)c2)N1. The summed E-state index contributed by atoms with van der Waals surface area (Å²) in [6.45, 7) is 0. The number of halogens is 2. The summed E-state index contributed by atoms with van der Waals surface area (Å²) in [5.41, 5.74) is 7.97. The van der Waals surface area contributed by atoms with Crippen molar-refractivity contribution in [2.75, 3.05) is 5.32 Å². The smallest absolute Gasteiger partial charge is 0.205 e. The van der Waals surface area contributed by atoms with Crippen LogP contribution in [0.2, 0.25) is 5.02 Å². The van der Waals surface area contributed by atoms with E-state index in [4.69, 9.17) is 22.3 Å². The molecule has 0 bridgehead atoms. The van der Waals surface area contributed by atoms with Gasteiger partial charge in [0.25, 0.3) is 0 Å². The summed E-state index contributed by atoms with van der Waals surface area (Å²) >= 11 is 6.10. The monoisotopic (exact) mass is 435 g/mol. The molecular weight excluding hydrogens is 417 g/mol. The molecule has 1 unspecified atom stereocenters. The quantitative estimate of drug-likeness (QED) is 0.366. The Morgan fingerprint density at radius 3 is 2.17 bits per heavy atom. The van der Waals surface area contributed by atoms with Gasteiger partial charge in [-0.2, -0.15) is 0 Å². The Morgan fingerprint density at radius 1 is 0.833 bits per heavy atom. The van der Waals surface area contributed by atoms with Crippen LogP contribution >= 0.6 is 24.0 Å². The number of aliphatic imine (C=N–C) groups is 2. The number of rotatable bonds is 2. The largest absolute Gasteiger partial charge is 0.370 e. The minimum Gasteiger partial charge on any atom is -0.370 e. The van der Waals surface area contributed by atoms with Crippen LogP contribution in [0.5, 0.6) is 0 Å². The predicted octanol–water partition coefficient (Wildman–Crippen LogP) is 5.45. The molecule has 1 atom stereocenters. The Hall–Kier alpha value is -3.28. The summed E-state index contributed by atoms with van der Waals surface area (Å²) in [6.07, 6.45) is -0.464. The summed E-state index contributed by atoms with van der Waals surface area (Å²) < 4.78 is 0. The minimum absolute atomic E-state index is 0. The fourth-order valence-corrected chi connectivity index (χ4v) is 3.88. The van der Waals surface area contributed by atoms with Crippen molar-refractivity contribution in [3.63, 3.8) is 0 Å². The van der Waals surface area contributed by atoms with E-state index >= 15 is 0 Å². The van der Waals surface area contributed by atoms with E-state index in [-0.39, 0.29) is 12.4 Å². The van der Waals surface area contributed by atoms with Crippen molar-refractivity contribution in [2.45, 2.75) is 6.17 Å². The summed E-state index contributed by atoms with van der Waals surface area (Å²) in [5.74, 6) is 0.841. The molecule has 5 rings (SSSR count). The van der Waals surface area contributed by atoms with Crippen LogP contribution < -0.4 is 16.4 Å². The number of nitrogens with zero attached hydrogens (tertiary/aromatic N) is 2. The van der Waals surface area contributed by atoms with E-state index in [0.29, 0.717) is 16.9 Å². The van der Waals surface area contributed by atoms with Crippen molar-refractivity contribution in [2.24, 2.45) is 15.7 Å². The van der Waals surface area contributed by atoms with E-state index in [2.05, 4.69) is 46.0 Å². The number of guanidine groups is 2. The highest BCUT2D eigenvalue weighted by molar-refractivity contribution is 6.31. The van der Waals surface area contributed by atoms with Crippen LogP contribution in [0.25, 0.3) is 21.5 Å². The van der Waals surface area contributed by atoms with Gasteiger partial charge in [-0.15, -0.1) is 12.4 Å². The van der Waals surface area contributed by atoms with Gasteiger partial charge < -0.3 is 11.1 Å². The summed E-state index contributed by atoms with van der Waals surface area (Å²) in [4.78, 5) is 9.40. The van der Waals surface area contributed by atoms with E-state index in [1.54, 1.807) is 0 Å². The minimum atomic E-state index is -0.464.